The van der Waals surface area contributed by atoms with Gasteiger partial charge in [0, 0.05) is 40.0 Å². The summed E-state index contributed by atoms with van der Waals surface area (Å²) in [5.41, 5.74) is 8.00. The third kappa shape index (κ3) is 4.42. The van der Waals surface area contributed by atoms with Crippen LogP contribution in [0.25, 0.3) is 0 Å². The SMILES string of the molecule is CN(C)C(=O)c1ccc(N)cc1N(C)CCCCCO. The Morgan fingerprint density at radius 3 is 2.50 bits per heavy atom. The Morgan fingerprint density at radius 2 is 1.90 bits per heavy atom. The maximum atomic E-state index is 12.2. The number of amides is 1. The average molecular weight is 279 g/mol. The Balaban J connectivity index is 2.85. The van der Waals surface area contributed by atoms with E-state index < -0.39 is 0 Å². The topological polar surface area (TPSA) is 69.8 Å². The standard InChI is InChI=1S/C15H25N3O2/c1-17(2)15(20)13-8-7-12(16)11-14(13)18(3)9-5-4-6-10-19/h7-8,11,19H,4-6,9-10,16H2,1-3H3. The Bertz CT molecular complexity index is 447. The molecule has 0 saturated heterocycles. The molecule has 1 aromatic rings. The van der Waals surface area contributed by atoms with Crippen LogP contribution in [0.15, 0.2) is 18.2 Å². The van der Waals surface area contributed by atoms with Crippen molar-refractivity contribution in [3.8, 4) is 0 Å². The average Bonchev–Trinajstić information content (AvgIpc) is 2.42. The quantitative estimate of drug-likeness (QED) is 0.587. The zero-order valence-electron chi connectivity index (χ0n) is 12.6. The van der Waals surface area contributed by atoms with Gasteiger partial charge in [0.2, 0.25) is 0 Å². The van der Waals surface area contributed by atoms with Gasteiger partial charge in [0.15, 0.2) is 0 Å². The van der Waals surface area contributed by atoms with E-state index in [1.54, 1.807) is 31.1 Å². The summed E-state index contributed by atoms with van der Waals surface area (Å²) in [4.78, 5) is 15.8. The monoisotopic (exact) mass is 279 g/mol. The molecule has 1 rings (SSSR count). The van der Waals surface area contributed by atoms with Crippen molar-refractivity contribution >= 4 is 17.3 Å². The fourth-order valence-corrected chi connectivity index (χ4v) is 2.04. The summed E-state index contributed by atoms with van der Waals surface area (Å²) in [7, 11) is 5.44. The molecule has 5 heteroatoms. The summed E-state index contributed by atoms with van der Waals surface area (Å²) < 4.78 is 0. The molecule has 3 N–H and O–H groups in total. The van der Waals surface area contributed by atoms with E-state index in [9.17, 15) is 4.79 Å². The summed E-state index contributed by atoms with van der Waals surface area (Å²) in [6.07, 6.45) is 2.76. The highest BCUT2D eigenvalue weighted by Crippen LogP contribution is 2.24. The van der Waals surface area contributed by atoms with Crippen molar-refractivity contribution in [3.05, 3.63) is 23.8 Å². The van der Waals surface area contributed by atoms with Crippen molar-refractivity contribution in [2.75, 3.05) is 44.9 Å². The first-order valence-electron chi connectivity index (χ1n) is 6.90. The number of hydrogen-bond donors (Lipinski definition) is 2. The van der Waals surface area contributed by atoms with Crippen LogP contribution in [-0.2, 0) is 0 Å². The predicted molar refractivity (Wildman–Crippen MR) is 83.1 cm³/mol. The third-order valence-corrected chi connectivity index (χ3v) is 3.22. The van der Waals surface area contributed by atoms with E-state index in [1.807, 2.05) is 18.0 Å². The number of benzene rings is 1. The Kier molecular flexibility index (Phi) is 6.31. The van der Waals surface area contributed by atoms with Crippen LogP contribution in [0, 0.1) is 0 Å². The number of carbonyl (C=O) groups is 1. The Labute approximate surface area is 121 Å². The van der Waals surface area contributed by atoms with Crippen LogP contribution in [0.3, 0.4) is 0 Å². The van der Waals surface area contributed by atoms with E-state index in [-0.39, 0.29) is 12.5 Å². The predicted octanol–water partition coefficient (Wildman–Crippen LogP) is 1.57. The van der Waals surface area contributed by atoms with Gasteiger partial charge in [-0.1, -0.05) is 0 Å². The highest BCUT2D eigenvalue weighted by atomic mass is 16.2. The van der Waals surface area contributed by atoms with Crippen LogP contribution in [0.5, 0.6) is 0 Å². The molecule has 5 nitrogen and oxygen atoms in total. The van der Waals surface area contributed by atoms with Gasteiger partial charge in [0.25, 0.3) is 5.91 Å². The molecule has 1 aromatic carbocycles. The molecule has 0 bridgehead atoms. The molecule has 0 aliphatic rings. The van der Waals surface area contributed by atoms with E-state index >= 15 is 0 Å². The molecule has 0 fully saturated rings. The number of hydrogen-bond acceptors (Lipinski definition) is 4. The van der Waals surface area contributed by atoms with E-state index in [2.05, 4.69) is 0 Å². The first-order valence-corrected chi connectivity index (χ1v) is 6.90. The van der Waals surface area contributed by atoms with Crippen LogP contribution >= 0.6 is 0 Å². The molecule has 0 unspecified atom stereocenters. The second kappa shape index (κ2) is 7.75. The third-order valence-electron chi connectivity index (χ3n) is 3.22. The van der Waals surface area contributed by atoms with Gasteiger partial charge in [-0.25, -0.2) is 0 Å². The number of nitrogens with zero attached hydrogens (tertiary/aromatic N) is 2. The van der Waals surface area contributed by atoms with Gasteiger partial charge in [-0.2, -0.15) is 0 Å². The zero-order valence-corrected chi connectivity index (χ0v) is 12.6. The van der Waals surface area contributed by atoms with E-state index in [4.69, 9.17) is 10.8 Å². The molecule has 0 saturated carbocycles. The molecule has 112 valence electrons. The molecule has 0 heterocycles. The second-order valence-corrected chi connectivity index (χ2v) is 5.18. The molecule has 0 atom stereocenters. The van der Waals surface area contributed by atoms with Gasteiger partial charge in [-0.15, -0.1) is 0 Å². The van der Waals surface area contributed by atoms with Crippen molar-refractivity contribution in [1.29, 1.82) is 0 Å². The summed E-state index contributed by atoms with van der Waals surface area (Å²) in [6, 6.07) is 5.36. The van der Waals surface area contributed by atoms with Gasteiger partial charge in [0.1, 0.15) is 0 Å². The summed E-state index contributed by atoms with van der Waals surface area (Å²) in [6.45, 7) is 1.06. The van der Waals surface area contributed by atoms with Crippen molar-refractivity contribution in [3.63, 3.8) is 0 Å². The molecule has 0 aliphatic heterocycles. The maximum absolute atomic E-state index is 12.2. The minimum atomic E-state index is -0.0257. The van der Waals surface area contributed by atoms with E-state index in [0.717, 1.165) is 31.5 Å². The van der Waals surface area contributed by atoms with Crippen LogP contribution < -0.4 is 10.6 Å². The van der Waals surface area contributed by atoms with Gasteiger partial charge in [0.05, 0.1) is 11.3 Å². The van der Waals surface area contributed by atoms with Gasteiger partial charge in [-0.3, -0.25) is 4.79 Å². The number of aliphatic hydroxyl groups is 1. The molecule has 0 aromatic heterocycles. The number of unbranched alkanes of at least 4 members (excludes halogenated alkanes) is 2. The second-order valence-electron chi connectivity index (χ2n) is 5.18. The minimum absolute atomic E-state index is 0.0257. The number of nitrogens with two attached hydrogens (primary N) is 1. The van der Waals surface area contributed by atoms with E-state index in [1.165, 1.54) is 0 Å². The highest BCUT2D eigenvalue weighted by molar-refractivity contribution is 6.00. The van der Waals surface area contributed by atoms with Crippen molar-refractivity contribution in [2.45, 2.75) is 19.3 Å². The molecule has 0 spiro atoms. The number of nitrogen functional groups attached to an aromatic ring is 1. The van der Waals surface area contributed by atoms with Crippen LogP contribution in [0.4, 0.5) is 11.4 Å². The lowest BCUT2D eigenvalue weighted by atomic mass is 10.1. The Morgan fingerprint density at radius 1 is 1.20 bits per heavy atom. The highest BCUT2D eigenvalue weighted by Gasteiger charge is 2.16. The molecule has 20 heavy (non-hydrogen) atoms. The van der Waals surface area contributed by atoms with E-state index in [0.29, 0.717) is 11.3 Å². The number of rotatable bonds is 7. The molecule has 0 aliphatic carbocycles. The van der Waals surface area contributed by atoms with Crippen LogP contribution in [0.1, 0.15) is 29.6 Å². The number of aliphatic hydroxyl groups excluding tert-OH is 1. The fraction of sp³-hybridized carbons (Fsp3) is 0.533. The minimum Gasteiger partial charge on any atom is -0.399 e. The lowest BCUT2D eigenvalue weighted by Gasteiger charge is -2.23. The van der Waals surface area contributed by atoms with Crippen molar-refractivity contribution in [1.82, 2.24) is 4.90 Å². The number of carbonyl (C=O) groups excluding carboxylic acids is 1. The summed E-state index contributed by atoms with van der Waals surface area (Å²) >= 11 is 0. The number of anilines is 2. The summed E-state index contributed by atoms with van der Waals surface area (Å²) in [5.74, 6) is -0.0257. The van der Waals surface area contributed by atoms with Crippen molar-refractivity contribution in [2.24, 2.45) is 0 Å². The Hall–Kier alpha value is -1.75. The van der Waals surface area contributed by atoms with Crippen molar-refractivity contribution < 1.29 is 9.90 Å². The first-order chi connectivity index (χ1) is 9.47. The van der Waals surface area contributed by atoms with Crippen LogP contribution in [0.2, 0.25) is 0 Å². The normalized spacial score (nSPS) is 10.4. The zero-order chi connectivity index (χ0) is 15.1. The molecular weight excluding hydrogens is 254 g/mol. The van der Waals surface area contributed by atoms with Crippen LogP contribution in [-0.4, -0.2) is 50.2 Å². The smallest absolute Gasteiger partial charge is 0.255 e. The van der Waals surface area contributed by atoms with Gasteiger partial charge < -0.3 is 20.6 Å². The lowest BCUT2D eigenvalue weighted by Crippen LogP contribution is -2.26. The maximum Gasteiger partial charge on any atom is 0.255 e. The molecule has 0 radical (unpaired) electrons. The fourth-order valence-electron chi connectivity index (χ4n) is 2.04. The lowest BCUT2D eigenvalue weighted by molar-refractivity contribution is 0.0828. The van der Waals surface area contributed by atoms with Gasteiger partial charge in [-0.05, 0) is 37.5 Å². The molecular formula is C15H25N3O2. The first kappa shape index (κ1) is 16.3. The molecule has 1 amide bonds. The van der Waals surface area contributed by atoms with Gasteiger partial charge >= 0.3 is 0 Å². The summed E-state index contributed by atoms with van der Waals surface area (Å²) in [5, 5.41) is 8.78. The largest absolute Gasteiger partial charge is 0.399 e.